The molecule has 0 saturated carbocycles. The molecule has 5 nitrogen and oxygen atoms in total. The van der Waals surface area contributed by atoms with Crippen LogP contribution in [0, 0.1) is 0 Å². The van der Waals surface area contributed by atoms with Gasteiger partial charge in [-0.05, 0) is 0 Å². The van der Waals surface area contributed by atoms with Gasteiger partial charge >= 0.3 is 10.4 Å². The van der Waals surface area contributed by atoms with Crippen LogP contribution in [0.1, 0.15) is 13.3 Å². The van der Waals surface area contributed by atoms with Crippen LogP contribution in [0.3, 0.4) is 0 Å². The average molecular weight is 170 g/mol. The Bertz CT molecular complexity index is 158. The van der Waals surface area contributed by atoms with Gasteiger partial charge in [0.2, 0.25) is 0 Å². The van der Waals surface area contributed by atoms with Crippen molar-refractivity contribution in [2.75, 3.05) is 7.11 Å². The number of carbonyl (C=O) groups is 1. The molecule has 6 heteroatoms. The molecule has 0 radical (unpaired) electrons. The molecular weight excluding hydrogens is 160 g/mol. The molecule has 0 aromatic carbocycles. The predicted octanol–water partition coefficient (Wildman–Crippen LogP) is 0.0309. The first-order valence-corrected chi connectivity index (χ1v) is 3.81. The van der Waals surface area contributed by atoms with Crippen molar-refractivity contribution < 1.29 is 21.9 Å². The standard InChI is InChI=1S/C3H6O.CH4O4S/c1-2-3-4;1-5-6(2,3)4/h3H,2H2,1H3;1H3,(H,2,3,4). The Kier molecular flexibility index (Phi) is 8.15. The Morgan fingerprint density at radius 1 is 1.60 bits per heavy atom. The number of carbonyl (C=O) groups excluding carboxylic acids is 1. The highest BCUT2D eigenvalue weighted by molar-refractivity contribution is 7.80. The third-order valence-corrected chi connectivity index (χ3v) is 0.799. The zero-order valence-electron chi connectivity index (χ0n) is 5.77. The summed E-state index contributed by atoms with van der Waals surface area (Å²) in [6.07, 6.45) is 1.51. The van der Waals surface area contributed by atoms with Gasteiger partial charge in [-0.1, -0.05) is 6.92 Å². The molecule has 62 valence electrons. The van der Waals surface area contributed by atoms with Gasteiger partial charge in [0.15, 0.2) is 0 Å². The molecule has 0 atom stereocenters. The van der Waals surface area contributed by atoms with Crippen LogP contribution in [0.15, 0.2) is 0 Å². The van der Waals surface area contributed by atoms with Crippen molar-refractivity contribution in [3.8, 4) is 0 Å². The molecule has 0 spiro atoms. The summed E-state index contributed by atoms with van der Waals surface area (Å²) in [6.45, 7) is 1.81. The molecule has 0 rings (SSSR count). The zero-order valence-corrected chi connectivity index (χ0v) is 6.59. The quantitative estimate of drug-likeness (QED) is 0.467. The van der Waals surface area contributed by atoms with Crippen LogP contribution in [0.4, 0.5) is 0 Å². The minimum Gasteiger partial charge on any atom is -0.303 e. The molecule has 0 fully saturated rings. The lowest BCUT2D eigenvalue weighted by atomic mass is 10.6. The van der Waals surface area contributed by atoms with Crippen molar-refractivity contribution in [2.24, 2.45) is 0 Å². The minimum atomic E-state index is -4.16. The molecule has 1 N–H and O–H groups in total. The van der Waals surface area contributed by atoms with Crippen LogP contribution in [0.5, 0.6) is 0 Å². The van der Waals surface area contributed by atoms with Gasteiger partial charge in [0.05, 0.1) is 7.11 Å². The number of hydrogen-bond donors (Lipinski definition) is 1. The van der Waals surface area contributed by atoms with E-state index in [4.69, 9.17) is 4.55 Å². The van der Waals surface area contributed by atoms with E-state index in [-0.39, 0.29) is 0 Å². The Balaban J connectivity index is 0. The number of hydrogen-bond acceptors (Lipinski definition) is 4. The lowest BCUT2D eigenvalue weighted by Gasteiger charge is -1.82. The molecule has 0 bridgehead atoms. The fourth-order valence-electron chi connectivity index (χ4n) is 0. The van der Waals surface area contributed by atoms with Crippen LogP contribution in [0.25, 0.3) is 0 Å². The molecule has 0 saturated heterocycles. The van der Waals surface area contributed by atoms with Gasteiger partial charge in [-0.2, -0.15) is 8.42 Å². The maximum Gasteiger partial charge on any atom is 0.397 e. The van der Waals surface area contributed by atoms with E-state index in [0.29, 0.717) is 6.42 Å². The van der Waals surface area contributed by atoms with Gasteiger partial charge in [0, 0.05) is 6.42 Å². The third-order valence-electron chi connectivity index (χ3n) is 0.377. The van der Waals surface area contributed by atoms with Crippen molar-refractivity contribution in [2.45, 2.75) is 13.3 Å². The van der Waals surface area contributed by atoms with Gasteiger partial charge in [0.1, 0.15) is 6.29 Å². The summed E-state index contributed by atoms with van der Waals surface area (Å²) in [4.78, 5) is 9.17. The normalized spacial score (nSPS) is 9.50. The highest BCUT2D eigenvalue weighted by Gasteiger charge is 1.93. The van der Waals surface area contributed by atoms with Crippen molar-refractivity contribution in [1.82, 2.24) is 0 Å². The predicted molar refractivity (Wildman–Crippen MR) is 34.9 cm³/mol. The van der Waals surface area contributed by atoms with Crippen molar-refractivity contribution in [1.29, 1.82) is 0 Å². The second-order valence-corrected chi connectivity index (χ2v) is 2.36. The van der Waals surface area contributed by atoms with E-state index in [1.807, 2.05) is 6.92 Å². The smallest absolute Gasteiger partial charge is 0.303 e. The third kappa shape index (κ3) is 25.7. The lowest BCUT2D eigenvalue weighted by molar-refractivity contribution is -0.107. The second kappa shape index (κ2) is 6.66. The Hall–Kier alpha value is -0.460. The lowest BCUT2D eigenvalue weighted by Crippen LogP contribution is -1.96. The molecule has 0 aliphatic carbocycles. The van der Waals surface area contributed by atoms with Gasteiger partial charge in [-0.3, -0.25) is 8.74 Å². The highest BCUT2D eigenvalue weighted by Crippen LogP contribution is 1.74. The van der Waals surface area contributed by atoms with Crippen molar-refractivity contribution in [3.05, 3.63) is 0 Å². The van der Waals surface area contributed by atoms with Crippen LogP contribution in [-0.4, -0.2) is 26.4 Å². The fourth-order valence-corrected chi connectivity index (χ4v) is 0. The summed E-state index contributed by atoms with van der Waals surface area (Å²) in [5.41, 5.74) is 0. The average Bonchev–Trinajstić information content (AvgIpc) is 1.87. The first kappa shape index (κ1) is 12.2. The highest BCUT2D eigenvalue weighted by atomic mass is 32.3. The summed E-state index contributed by atoms with van der Waals surface area (Å²) < 4.78 is 29.7. The summed E-state index contributed by atoms with van der Waals surface area (Å²) in [5, 5.41) is 0. The van der Waals surface area contributed by atoms with E-state index in [1.165, 1.54) is 0 Å². The van der Waals surface area contributed by atoms with Crippen LogP contribution in [0.2, 0.25) is 0 Å². The largest absolute Gasteiger partial charge is 0.397 e. The Morgan fingerprint density at radius 3 is 1.80 bits per heavy atom. The minimum absolute atomic E-state index is 0.639. The van der Waals surface area contributed by atoms with Crippen molar-refractivity contribution in [3.63, 3.8) is 0 Å². The maximum atomic E-state index is 9.33. The summed E-state index contributed by atoms with van der Waals surface area (Å²) in [7, 11) is -3.29. The van der Waals surface area contributed by atoms with E-state index in [0.717, 1.165) is 13.4 Å². The first-order chi connectivity index (χ1) is 4.47. The topological polar surface area (TPSA) is 80.7 Å². The van der Waals surface area contributed by atoms with E-state index in [2.05, 4.69) is 4.18 Å². The molecule has 10 heavy (non-hydrogen) atoms. The van der Waals surface area contributed by atoms with Crippen LogP contribution < -0.4 is 0 Å². The van der Waals surface area contributed by atoms with E-state index >= 15 is 0 Å². The molecule has 0 unspecified atom stereocenters. The molecule has 0 aromatic heterocycles. The van der Waals surface area contributed by atoms with Gasteiger partial charge < -0.3 is 4.79 Å². The van der Waals surface area contributed by atoms with E-state index in [9.17, 15) is 13.2 Å². The van der Waals surface area contributed by atoms with E-state index < -0.39 is 10.4 Å². The molecule has 0 aliphatic heterocycles. The summed E-state index contributed by atoms with van der Waals surface area (Å²) in [6, 6.07) is 0. The fraction of sp³-hybridized carbons (Fsp3) is 0.750. The van der Waals surface area contributed by atoms with Crippen LogP contribution >= 0.6 is 0 Å². The van der Waals surface area contributed by atoms with Gasteiger partial charge in [-0.15, -0.1) is 0 Å². The Morgan fingerprint density at radius 2 is 1.80 bits per heavy atom. The number of rotatable bonds is 2. The monoisotopic (exact) mass is 170 g/mol. The van der Waals surface area contributed by atoms with Crippen molar-refractivity contribution >= 4 is 16.7 Å². The maximum absolute atomic E-state index is 9.33. The molecule has 0 heterocycles. The van der Waals surface area contributed by atoms with Gasteiger partial charge in [0.25, 0.3) is 0 Å². The van der Waals surface area contributed by atoms with Gasteiger partial charge in [-0.25, -0.2) is 0 Å². The molecule has 0 amide bonds. The zero-order chi connectivity index (χ0) is 8.62. The summed E-state index contributed by atoms with van der Waals surface area (Å²) in [5.74, 6) is 0. The Labute approximate surface area is 60.0 Å². The van der Waals surface area contributed by atoms with E-state index in [1.54, 1.807) is 0 Å². The number of aldehydes is 1. The molecule has 0 aromatic rings. The molecule has 0 aliphatic rings. The first-order valence-electron chi connectivity index (χ1n) is 2.44. The van der Waals surface area contributed by atoms with Crippen LogP contribution in [-0.2, 0) is 19.4 Å². The summed E-state index contributed by atoms with van der Waals surface area (Å²) >= 11 is 0. The second-order valence-electron chi connectivity index (χ2n) is 1.17. The molecular formula is C4H10O5S. The SMILES string of the molecule is CCC=O.COS(=O)(=O)O.